The average molecular weight is 495 g/mol. The van der Waals surface area contributed by atoms with E-state index in [9.17, 15) is 9.90 Å². The van der Waals surface area contributed by atoms with Gasteiger partial charge in [-0.3, -0.25) is 0 Å². The predicted octanol–water partition coefficient (Wildman–Crippen LogP) is 4.10. The Kier molecular flexibility index (Phi) is 9.52. The molecule has 9 heteroatoms. The van der Waals surface area contributed by atoms with Gasteiger partial charge in [0.25, 0.3) is 0 Å². The molecule has 28 heavy (non-hydrogen) atoms. The van der Waals surface area contributed by atoms with Gasteiger partial charge in [-0.2, -0.15) is 0 Å². The monoisotopic (exact) mass is 495 g/mol. The van der Waals surface area contributed by atoms with Crippen LogP contribution in [0.25, 0.3) is 0 Å². The first-order valence-electron chi connectivity index (χ1n) is 8.60. The summed E-state index contributed by atoms with van der Waals surface area (Å²) in [7, 11) is -2.47. The van der Waals surface area contributed by atoms with Crippen LogP contribution in [-0.4, -0.2) is 41.3 Å². The Morgan fingerprint density at radius 2 is 1.46 bits per heavy atom. The Bertz CT molecular complexity index is 761. The number of phenolic OH excluding ortho intramolecular Hbond substituents is 1. The van der Waals surface area contributed by atoms with Crippen LogP contribution in [0.5, 0.6) is 17.2 Å². The maximum absolute atomic E-state index is 12.1. The molecule has 0 fully saturated rings. The molecule has 0 saturated heterocycles. The summed E-state index contributed by atoms with van der Waals surface area (Å²) in [5, 5.41) is 9.27. The Labute approximate surface area is 193 Å². The van der Waals surface area contributed by atoms with Crippen LogP contribution >= 0.6 is 0 Å². The molecule has 1 N–H and O–H groups in total. The zero-order chi connectivity index (χ0) is 20.1. The third kappa shape index (κ3) is 8.14. The molecular weight excluding hydrogens is 469 g/mol. The summed E-state index contributed by atoms with van der Waals surface area (Å²) in [5.74, 6) is 0.657. The summed E-state index contributed by atoms with van der Waals surface area (Å²) < 4.78 is 22.9. The number of carbonyl (C=O) groups is 1. The van der Waals surface area contributed by atoms with E-state index in [0.29, 0.717) is 23.3 Å². The second-order valence-electron chi connectivity index (χ2n) is 7.25. The number of ether oxygens (including phenoxy) is 2. The first-order chi connectivity index (χ1) is 12.6. The van der Waals surface area contributed by atoms with Crippen LogP contribution in [0, 0.1) is 0 Å². The second kappa shape index (κ2) is 10.7. The quantitative estimate of drug-likeness (QED) is 0.338. The number of carbonyl (C=O) groups excluding carboxylic acids is 1. The van der Waals surface area contributed by atoms with Crippen LogP contribution in [0.2, 0.25) is 26.2 Å². The summed E-state index contributed by atoms with van der Waals surface area (Å²) >= 11 is 0. The van der Waals surface area contributed by atoms with Gasteiger partial charge < -0.3 is 23.1 Å². The van der Waals surface area contributed by atoms with Gasteiger partial charge in [0.05, 0.1) is 5.56 Å². The van der Waals surface area contributed by atoms with E-state index >= 15 is 0 Å². The molecule has 0 aromatic heterocycles. The molecule has 149 valence electrons. The van der Waals surface area contributed by atoms with Crippen molar-refractivity contribution in [2.75, 3.05) is 13.3 Å². The largest absolute Gasteiger partial charge is 0.508 e. The van der Waals surface area contributed by atoms with E-state index in [-0.39, 0.29) is 38.5 Å². The van der Waals surface area contributed by atoms with E-state index in [1.807, 2.05) is 6.55 Å². The summed E-state index contributed by atoms with van der Waals surface area (Å²) in [6, 6.07) is 12.7. The van der Waals surface area contributed by atoms with E-state index in [0.717, 1.165) is 0 Å². The minimum atomic E-state index is -2.40. The molecule has 0 amide bonds. The van der Waals surface area contributed by atoms with E-state index < -0.39 is 22.8 Å². The fourth-order valence-electron chi connectivity index (χ4n) is 2.36. The van der Waals surface area contributed by atoms with Crippen molar-refractivity contribution < 1.29 is 60.6 Å². The molecule has 2 aromatic carbocycles. The van der Waals surface area contributed by atoms with Gasteiger partial charge in [0.1, 0.15) is 23.5 Å². The number of esters is 1. The normalized spacial score (nSPS) is 13.2. The zero-order valence-electron chi connectivity index (χ0n) is 16.9. The van der Waals surface area contributed by atoms with Crippen molar-refractivity contribution in [3.63, 3.8) is 0 Å². The fraction of sp³-hybridized carbons (Fsp3) is 0.316. The van der Waals surface area contributed by atoms with E-state index in [1.54, 1.807) is 31.4 Å². The summed E-state index contributed by atoms with van der Waals surface area (Å²) in [6.07, 6.45) is 0.375. The van der Waals surface area contributed by atoms with Crippen molar-refractivity contribution >= 4 is 22.8 Å². The summed E-state index contributed by atoms with van der Waals surface area (Å²) in [5.41, 5.74) is 0.360. The maximum Gasteiger partial charge on any atom is 0.363 e. The number of rotatable bonds is 8. The van der Waals surface area contributed by atoms with Gasteiger partial charge in [0.15, 0.2) is 8.32 Å². The van der Waals surface area contributed by atoms with Gasteiger partial charge in [-0.05, 0) is 74.7 Å². The number of benzene rings is 2. The van der Waals surface area contributed by atoms with Crippen LogP contribution in [0.4, 0.5) is 0 Å². The van der Waals surface area contributed by atoms with Crippen molar-refractivity contribution in [1.82, 2.24) is 0 Å². The smallest absolute Gasteiger partial charge is 0.363 e. The van der Waals surface area contributed by atoms with E-state index in [2.05, 4.69) is 19.6 Å². The van der Waals surface area contributed by atoms with Crippen LogP contribution in [-0.2, 0) is 41.3 Å². The average Bonchev–Trinajstić information content (AvgIpc) is 2.60. The second-order valence-corrected chi connectivity index (χ2v) is 15.3. The number of aromatic hydroxyl groups is 1. The number of hydrogen-bond donors (Lipinski definition) is 1. The molecule has 0 aliphatic heterocycles. The summed E-state index contributed by atoms with van der Waals surface area (Å²) in [4.78, 5) is 12.1. The molecule has 6 nitrogen and oxygen atoms in total. The minimum Gasteiger partial charge on any atom is -0.508 e. The SMILES string of the molecule is CO[Si](C)(COc1ccc(OC(=O)c2ccc(O)cc2)cc1)O[Si](C)(C)C.[Y]. The molecule has 0 saturated carbocycles. The van der Waals surface area contributed by atoms with Gasteiger partial charge in [-0.15, -0.1) is 0 Å². The van der Waals surface area contributed by atoms with Crippen molar-refractivity contribution in [3.05, 3.63) is 54.1 Å². The van der Waals surface area contributed by atoms with Crippen LogP contribution in [0.15, 0.2) is 48.5 Å². The first kappa shape index (κ1) is 25.0. The molecule has 0 spiro atoms. The molecule has 1 radical (unpaired) electrons. The van der Waals surface area contributed by atoms with E-state index in [4.69, 9.17) is 18.0 Å². The Balaban J connectivity index is 0.00000392. The Morgan fingerprint density at radius 1 is 0.929 bits per heavy atom. The Morgan fingerprint density at radius 3 is 1.96 bits per heavy atom. The molecule has 2 aromatic rings. The number of phenols is 1. The fourth-order valence-corrected chi connectivity index (χ4v) is 8.66. The minimum absolute atomic E-state index is 0. The van der Waals surface area contributed by atoms with Crippen LogP contribution in [0.3, 0.4) is 0 Å². The topological polar surface area (TPSA) is 74.2 Å². The van der Waals surface area contributed by atoms with Crippen LogP contribution in [0.1, 0.15) is 10.4 Å². The molecule has 1 unspecified atom stereocenters. The number of hydrogen-bond acceptors (Lipinski definition) is 6. The van der Waals surface area contributed by atoms with Crippen LogP contribution < -0.4 is 9.47 Å². The van der Waals surface area contributed by atoms with Crippen molar-refractivity contribution in [2.45, 2.75) is 26.2 Å². The zero-order valence-corrected chi connectivity index (χ0v) is 21.7. The molecule has 2 rings (SSSR count). The standard InChI is InChI=1S/C19H26O6Si2.Y/c1-22-27(5,25-26(2,3)4)14-23-17-10-12-18(13-11-17)24-19(21)15-6-8-16(20)9-7-15;/h6-13,20H,14H2,1-5H3;. The van der Waals surface area contributed by atoms with Gasteiger partial charge >= 0.3 is 14.5 Å². The molecule has 1 atom stereocenters. The van der Waals surface area contributed by atoms with Crippen molar-refractivity contribution in [3.8, 4) is 17.2 Å². The molecule has 0 heterocycles. The molecule has 0 aliphatic carbocycles. The third-order valence-corrected chi connectivity index (χ3v) is 9.30. The Hall–Kier alpha value is -1.03. The van der Waals surface area contributed by atoms with Crippen molar-refractivity contribution in [2.24, 2.45) is 0 Å². The van der Waals surface area contributed by atoms with Gasteiger partial charge in [-0.25, -0.2) is 4.79 Å². The third-order valence-electron chi connectivity index (χ3n) is 3.59. The van der Waals surface area contributed by atoms with Gasteiger partial charge in [0.2, 0.25) is 0 Å². The maximum atomic E-state index is 12.1. The van der Waals surface area contributed by atoms with Gasteiger partial charge in [-0.1, -0.05) is 0 Å². The first-order valence-corrected chi connectivity index (χ1v) is 14.5. The summed E-state index contributed by atoms with van der Waals surface area (Å²) in [6.45, 7) is 8.34. The molecule has 0 bridgehead atoms. The van der Waals surface area contributed by atoms with E-state index in [1.165, 1.54) is 24.3 Å². The van der Waals surface area contributed by atoms with Gasteiger partial charge in [0, 0.05) is 39.8 Å². The predicted molar refractivity (Wildman–Crippen MR) is 108 cm³/mol. The molecular formula is C19H26O6Si2Y. The van der Waals surface area contributed by atoms with Crippen molar-refractivity contribution in [1.29, 1.82) is 0 Å². The molecule has 0 aliphatic rings.